The van der Waals surface area contributed by atoms with E-state index in [0.717, 1.165) is 22.8 Å². The summed E-state index contributed by atoms with van der Waals surface area (Å²) in [5.74, 6) is 0.552. The average Bonchev–Trinajstić information content (AvgIpc) is 3.19. The largest absolute Gasteiger partial charge is 0.492 e. The van der Waals surface area contributed by atoms with Gasteiger partial charge in [-0.2, -0.15) is 10.2 Å². The van der Waals surface area contributed by atoms with Crippen LogP contribution in [-0.2, 0) is 6.54 Å². The number of aryl methyl sites for hydroxylation is 2. The molecule has 2 aromatic heterocycles. The van der Waals surface area contributed by atoms with Gasteiger partial charge in [0.1, 0.15) is 18.1 Å². The molecule has 0 aliphatic carbocycles. The number of aromatic nitrogens is 4. The van der Waals surface area contributed by atoms with Crippen molar-refractivity contribution in [3.8, 4) is 5.75 Å². The van der Waals surface area contributed by atoms with Gasteiger partial charge in [0, 0.05) is 5.69 Å². The van der Waals surface area contributed by atoms with Crippen molar-refractivity contribution in [2.24, 2.45) is 0 Å². The molecule has 0 saturated heterocycles. The second kappa shape index (κ2) is 7.65. The van der Waals surface area contributed by atoms with Gasteiger partial charge in [-0.05, 0) is 38.1 Å². The zero-order chi connectivity index (χ0) is 17.6. The molecule has 0 aliphatic rings. The molecule has 3 aromatic rings. The third-order valence-electron chi connectivity index (χ3n) is 3.69. The molecule has 0 fully saturated rings. The van der Waals surface area contributed by atoms with Crippen LogP contribution >= 0.6 is 0 Å². The first kappa shape index (κ1) is 16.8. The van der Waals surface area contributed by atoms with E-state index in [1.165, 1.54) is 0 Å². The van der Waals surface area contributed by atoms with Gasteiger partial charge in [-0.3, -0.25) is 14.6 Å². The first-order valence-corrected chi connectivity index (χ1v) is 8.13. The number of benzene rings is 1. The molecule has 7 heteroatoms. The van der Waals surface area contributed by atoms with Gasteiger partial charge in [0.15, 0.2) is 0 Å². The number of aromatic amines is 1. The lowest BCUT2D eigenvalue weighted by atomic mass is 10.3. The van der Waals surface area contributed by atoms with Crippen molar-refractivity contribution < 1.29 is 9.53 Å². The quantitative estimate of drug-likeness (QED) is 0.646. The highest BCUT2D eigenvalue weighted by Crippen LogP contribution is 2.08. The van der Waals surface area contributed by atoms with Crippen molar-refractivity contribution in [3.05, 3.63) is 65.2 Å². The van der Waals surface area contributed by atoms with Crippen molar-refractivity contribution in [1.82, 2.24) is 25.3 Å². The Morgan fingerprint density at radius 3 is 2.76 bits per heavy atom. The third kappa shape index (κ3) is 4.47. The van der Waals surface area contributed by atoms with Gasteiger partial charge in [0.05, 0.1) is 24.5 Å². The SMILES string of the molecule is Cc1cc(C)n(Cc2cc(C(=O)NCCOc3ccccc3)n[nH]2)n1. The summed E-state index contributed by atoms with van der Waals surface area (Å²) >= 11 is 0. The Balaban J connectivity index is 1.48. The number of carbonyl (C=O) groups is 1. The molecule has 0 unspecified atom stereocenters. The minimum atomic E-state index is -0.229. The van der Waals surface area contributed by atoms with Crippen LogP contribution in [0.4, 0.5) is 0 Å². The number of H-pyrrole nitrogens is 1. The smallest absolute Gasteiger partial charge is 0.271 e. The van der Waals surface area contributed by atoms with Crippen molar-refractivity contribution in [2.45, 2.75) is 20.4 Å². The van der Waals surface area contributed by atoms with Crippen molar-refractivity contribution in [3.63, 3.8) is 0 Å². The molecule has 1 amide bonds. The summed E-state index contributed by atoms with van der Waals surface area (Å²) in [5, 5.41) is 14.1. The van der Waals surface area contributed by atoms with Crippen LogP contribution in [-0.4, -0.2) is 39.0 Å². The van der Waals surface area contributed by atoms with Gasteiger partial charge in [0.2, 0.25) is 0 Å². The molecule has 2 N–H and O–H groups in total. The molecule has 3 rings (SSSR count). The standard InChI is InChI=1S/C18H21N5O2/c1-13-10-14(2)23(22-13)12-15-11-17(21-20-15)18(24)19-8-9-25-16-6-4-3-5-7-16/h3-7,10-11H,8-9,12H2,1-2H3,(H,19,24)(H,20,21). The summed E-state index contributed by atoms with van der Waals surface area (Å²) in [6, 6.07) is 13.2. The van der Waals surface area contributed by atoms with E-state index in [1.54, 1.807) is 6.07 Å². The van der Waals surface area contributed by atoms with Crippen LogP contribution in [0.5, 0.6) is 5.75 Å². The summed E-state index contributed by atoms with van der Waals surface area (Å²) in [4.78, 5) is 12.1. The fourth-order valence-corrected chi connectivity index (χ4v) is 2.50. The number of amides is 1. The fraction of sp³-hybridized carbons (Fsp3) is 0.278. The lowest BCUT2D eigenvalue weighted by Crippen LogP contribution is -2.28. The van der Waals surface area contributed by atoms with E-state index in [2.05, 4.69) is 20.6 Å². The first-order chi connectivity index (χ1) is 12.1. The van der Waals surface area contributed by atoms with Gasteiger partial charge in [0.25, 0.3) is 5.91 Å². The van der Waals surface area contributed by atoms with Crippen molar-refractivity contribution in [2.75, 3.05) is 13.2 Å². The van der Waals surface area contributed by atoms with Crippen LogP contribution in [0.2, 0.25) is 0 Å². The van der Waals surface area contributed by atoms with E-state index in [9.17, 15) is 4.79 Å². The normalized spacial score (nSPS) is 10.6. The van der Waals surface area contributed by atoms with Crippen molar-refractivity contribution >= 4 is 5.91 Å². The Labute approximate surface area is 146 Å². The van der Waals surface area contributed by atoms with E-state index in [0.29, 0.717) is 25.4 Å². The lowest BCUT2D eigenvalue weighted by Gasteiger charge is -2.06. The Hall–Kier alpha value is -3.09. The number of hydrogen-bond donors (Lipinski definition) is 2. The lowest BCUT2D eigenvalue weighted by molar-refractivity contribution is 0.0942. The topological polar surface area (TPSA) is 84.8 Å². The minimum Gasteiger partial charge on any atom is -0.492 e. The molecule has 0 radical (unpaired) electrons. The number of para-hydroxylation sites is 1. The molecular weight excluding hydrogens is 318 g/mol. The molecule has 0 spiro atoms. The molecule has 0 atom stereocenters. The summed E-state index contributed by atoms with van der Waals surface area (Å²) in [6.07, 6.45) is 0. The first-order valence-electron chi connectivity index (χ1n) is 8.13. The second-order valence-corrected chi connectivity index (χ2v) is 5.78. The Morgan fingerprint density at radius 2 is 2.04 bits per heavy atom. The highest BCUT2D eigenvalue weighted by Gasteiger charge is 2.11. The maximum Gasteiger partial charge on any atom is 0.271 e. The Kier molecular flexibility index (Phi) is 5.13. The molecule has 1 aromatic carbocycles. The zero-order valence-corrected chi connectivity index (χ0v) is 14.3. The van der Waals surface area contributed by atoms with Crippen LogP contribution in [0.25, 0.3) is 0 Å². The maximum atomic E-state index is 12.1. The molecule has 0 bridgehead atoms. The number of ether oxygens (including phenoxy) is 1. The van der Waals surface area contributed by atoms with Gasteiger partial charge in [-0.25, -0.2) is 0 Å². The molecule has 2 heterocycles. The third-order valence-corrected chi connectivity index (χ3v) is 3.69. The van der Waals surface area contributed by atoms with Gasteiger partial charge < -0.3 is 10.1 Å². The van der Waals surface area contributed by atoms with E-state index in [-0.39, 0.29) is 5.91 Å². The maximum absolute atomic E-state index is 12.1. The number of rotatable bonds is 7. The van der Waals surface area contributed by atoms with E-state index in [1.807, 2.05) is 54.9 Å². The van der Waals surface area contributed by atoms with Crippen molar-refractivity contribution in [1.29, 1.82) is 0 Å². The molecule has 25 heavy (non-hydrogen) atoms. The summed E-state index contributed by atoms with van der Waals surface area (Å²) in [5.41, 5.74) is 3.22. The van der Waals surface area contributed by atoms with Gasteiger partial charge in [-0.15, -0.1) is 0 Å². The minimum absolute atomic E-state index is 0.229. The highest BCUT2D eigenvalue weighted by atomic mass is 16.5. The fourth-order valence-electron chi connectivity index (χ4n) is 2.50. The molecule has 0 aliphatic heterocycles. The molecule has 130 valence electrons. The van der Waals surface area contributed by atoms with Crippen LogP contribution in [0.15, 0.2) is 42.5 Å². The summed E-state index contributed by atoms with van der Waals surface area (Å²) in [7, 11) is 0. The Morgan fingerprint density at radius 1 is 1.24 bits per heavy atom. The number of carbonyl (C=O) groups excluding carboxylic acids is 1. The number of nitrogens with zero attached hydrogens (tertiary/aromatic N) is 3. The van der Waals surface area contributed by atoms with E-state index in [4.69, 9.17) is 4.74 Å². The number of nitrogens with one attached hydrogen (secondary N) is 2. The average molecular weight is 339 g/mol. The van der Waals surface area contributed by atoms with Gasteiger partial charge in [-0.1, -0.05) is 18.2 Å². The van der Waals surface area contributed by atoms with E-state index >= 15 is 0 Å². The van der Waals surface area contributed by atoms with Crippen LogP contribution in [0, 0.1) is 13.8 Å². The van der Waals surface area contributed by atoms with Crippen LogP contribution in [0.1, 0.15) is 27.6 Å². The zero-order valence-electron chi connectivity index (χ0n) is 14.3. The van der Waals surface area contributed by atoms with E-state index < -0.39 is 0 Å². The second-order valence-electron chi connectivity index (χ2n) is 5.78. The molecule has 7 nitrogen and oxygen atoms in total. The Bertz CT molecular complexity index is 838. The van der Waals surface area contributed by atoms with Crippen LogP contribution < -0.4 is 10.1 Å². The highest BCUT2D eigenvalue weighted by molar-refractivity contribution is 5.92. The number of hydrogen-bond acceptors (Lipinski definition) is 4. The van der Waals surface area contributed by atoms with Crippen LogP contribution in [0.3, 0.4) is 0 Å². The molecular formula is C18H21N5O2. The predicted molar refractivity (Wildman–Crippen MR) is 93.7 cm³/mol. The monoisotopic (exact) mass is 339 g/mol. The predicted octanol–water partition coefficient (Wildman–Crippen LogP) is 2.08. The summed E-state index contributed by atoms with van der Waals surface area (Å²) < 4.78 is 7.41. The molecule has 0 saturated carbocycles. The van der Waals surface area contributed by atoms with Gasteiger partial charge >= 0.3 is 0 Å². The summed E-state index contributed by atoms with van der Waals surface area (Å²) in [6.45, 7) is 5.31.